The van der Waals surface area contributed by atoms with E-state index in [-0.39, 0.29) is 23.2 Å². The molecule has 0 saturated heterocycles. The van der Waals surface area contributed by atoms with E-state index in [1.54, 1.807) is 0 Å². The first-order valence-electron chi connectivity index (χ1n) is 4.21. The Morgan fingerprint density at radius 1 is 1.31 bits per heavy atom. The monoisotopic (exact) mass is 223 g/mol. The summed E-state index contributed by atoms with van der Waals surface area (Å²) in [6.07, 6.45) is 0.463. The molecule has 0 saturated carbocycles. The molecule has 0 heterocycles. The van der Waals surface area contributed by atoms with Crippen LogP contribution in [0.3, 0.4) is 0 Å². The number of hydrogen-bond acceptors (Lipinski definition) is 2. The number of carbonyl (C=O) groups is 1. The van der Waals surface area contributed by atoms with Gasteiger partial charge in [-0.15, -0.1) is 0 Å². The van der Waals surface area contributed by atoms with Gasteiger partial charge in [-0.3, -0.25) is 4.79 Å². The summed E-state index contributed by atoms with van der Waals surface area (Å²) in [4.78, 5) is 17.8. The number of aldehydes is 1. The van der Waals surface area contributed by atoms with Gasteiger partial charge < -0.3 is 17.2 Å². The Balaban J connectivity index is 3.14. The Kier molecular flexibility index (Phi) is 3.54. The molecule has 0 aliphatic heterocycles. The summed E-state index contributed by atoms with van der Waals surface area (Å²) in [5.74, 6) is -1.01. The van der Waals surface area contributed by atoms with E-state index in [9.17, 15) is 9.18 Å². The Bertz CT molecular complexity index is 465. The lowest BCUT2D eigenvalue weighted by Gasteiger charge is -1.99. The van der Waals surface area contributed by atoms with Crippen LogP contribution in [0.15, 0.2) is 28.2 Å². The molecule has 0 aliphatic rings. The molecule has 0 spiro atoms. The lowest BCUT2D eigenvalue weighted by Crippen LogP contribution is -2.26. The first-order chi connectivity index (χ1) is 7.52. The molecular formula is C9H10FN5O. The standard InChI is InChI=1S/C9H10FN5O/c10-6-1-2-7(5(3-6)4-16)14-9(13)15-8(11)12/h1-4H,(H6,11,12,13,14,15). The number of halogens is 1. The number of nitrogens with zero attached hydrogens (tertiary/aromatic N) is 2. The lowest BCUT2D eigenvalue weighted by molar-refractivity contribution is 0.112. The second kappa shape index (κ2) is 4.87. The molecule has 6 nitrogen and oxygen atoms in total. The van der Waals surface area contributed by atoms with Crippen LogP contribution < -0.4 is 17.2 Å². The van der Waals surface area contributed by atoms with Crippen LogP contribution in [-0.4, -0.2) is 18.2 Å². The van der Waals surface area contributed by atoms with E-state index in [4.69, 9.17) is 17.2 Å². The van der Waals surface area contributed by atoms with Gasteiger partial charge in [-0.2, -0.15) is 4.99 Å². The van der Waals surface area contributed by atoms with Crippen molar-refractivity contribution in [3.05, 3.63) is 29.6 Å². The topological polar surface area (TPSA) is 120 Å². The van der Waals surface area contributed by atoms with Crippen molar-refractivity contribution in [2.45, 2.75) is 0 Å². The predicted octanol–water partition coefficient (Wildman–Crippen LogP) is -0.142. The van der Waals surface area contributed by atoms with Crippen LogP contribution >= 0.6 is 0 Å². The van der Waals surface area contributed by atoms with E-state index in [2.05, 4.69) is 9.98 Å². The van der Waals surface area contributed by atoms with Gasteiger partial charge in [0.15, 0.2) is 12.2 Å². The first-order valence-corrected chi connectivity index (χ1v) is 4.21. The first kappa shape index (κ1) is 11.6. The van der Waals surface area contributed by atoms with Crippen molar-refractivity contribution >= 4 is 23.9 Å². The molecule has 16 heavy (non-hydrogen) atoms. The molecule has 1 rings (SSSR count). The minimum Gasteiger partial charge on any atom is -0.370 e. The van der Waals surface area contributed by atoms with Gasteiger partial charge in [0.2, 0.25) is 5.96 Å². The van der Waals surface area contributed by atoms with E-state index >= 15 is 0 Å². The van der Waals surface area contributed by atoms with Gasteiger partial charge in [-0.05, 0) is 18.2 Å². The summed E-state index contributed by atoms with van der Waals surface area (Å²) < 4.78 is 12.8. The van der Waals surface area contributed by atoms with Crippen molar-refractivity contribution in [1.29, 1.82) is 0 Å². The number of nitrogens with two attached hydrogens (primary N) is 3. The van der Waals surface area contributed by atoms with Gasteiger partial charge >= 0.3 is 0 Å². The van der Waals surface area contributed by atoms with Gasteiger partial charge in [0.05, 0.1) is 5.69 Å². The minimum atomic E-state index is -0.540. The molecule has 0 aromatic heterocycles. The van der Waals surface area contributed by atoms with Gasteiger partial charge in [-0.25, -0.2) is 9.38 Å². The maximum absolute atomic E-state index is 12.8. The van der Waals surface area contributed by atoms with Crippen LogP contribution in [0.2, 0.25) is 0 Å². The molecule has 7 heteroatoms. The molecule has 1 aromatic carbocycles. The predicted molar refractivity (Wildman–Crippen MR) is 58.9 cm³/mol. The molecule has 0 atom stereocenters. The van der Waals surface area contributed by atoms with Crippen molar-refractivity contribution in [3.8, 4) is 0 Å². The third kappa shape index (κ3) is 3.05. The summed E-state index contributed by atoms with van der Waals surface area (Å²) in [6.45, 7) is 0. The zero-order valence-corrected chi connectivity index (χ0v) is 8.22. The molecule has 0 radical (unpaired) electrons. The van der Waals surface area contributed by atoms with E-state index in [1.807, 2.05) is 0 Å². The van der Waals surface area contributed by atoms with E-state index in [0.717, 1.165) is 12.1 Å². The van der Waals surface area contributed by atoms with Crippen molar-refractivity contribution in [2.75, 3.05) is 0 Å². The molecule has 0 aliphatic carbocycles. The Morgan fingerprint density at radius 2 is 2.00 bits per heavy atom. The zero-order valence-electron chi connectivity index (χ0n) is 8.22. The van der Waals surface area contributed by atoms with Gasteiger partial charge in [0, 0.05) is 5.56 Å². The molecule has 0 amide bonds. The fraction of sp³-hybridized carbons (Fsp3) is 0. The van der Waals surface area contributed by atoms with Gasteiger partial charge in [0.1, 0.15) is 5.82 Å². The zero-order chi connectivity index (χ0) is 12.1. The second-order valence-corrected chi connectivity index (χ2v) is 2.83. The van der Waals surface area contributed by atoms with Crippen molar-refractivity contribution in [1.82, 2.24) is 0 Å². The lowest BCUT2D eigenvalue weighted by atomic mass is 10.2. The Labute approximate surface area is 90.7 Å². The molecule has 84 valence electrons. The summed E-state index contributed by atoms with van der Waals surface area (Å²) in [5, 5.41) is 0. The highest BCUT2D eigenvalue weighted by molar-refractivity contribution is 5.95. The number of rotatable bonds is 2. The van der Waals surface area contributed by atoms with E-state index in [0.29, 0.717) is 6.29 Å². The van der Waals surface area contributed by atoms with Crippen LogP contribution in [0.4, 0.5) is 10.1 Å². The molecule has 1 aromatic rings. The Hall–Kier alpha value is -2.44. The highest BCUT2D eigenvalue weighted by Gasteiger charge is 2.02. The molecule has 0 fully saturated rings. The van der Waals surface area contributed by atoms with Gasteiger partial charge in [-0.1, -0.05) is 0 Å². The average Bonchev–Trinajstić information content (AvgIpc) is 2.19. The van der Waals surface area contributed by atoms with Crippen LogP contribution in [0.1, 0.15) is 10.4 Å². The largest absolute Gasteiger partial charge is 0.370 e. The second-order valence-electron chi connectivity index (χ2n) is 2.83. The molecule has 6 N–H and O–H groups in total. The van der Waals surface area contributed by atoms with Crippen LogP contribution in [0.5, 0.6) is 0 Å². The van der Waals surface area contributed by atoms with Crippen LogP contribution in [-0.2, 0) is 0 Å². The fourth-order valence-electron chi connectivity index (χ4n) is 1.00. The Morgan fingerprint density at radius 3 is 2.56 bits per heavy atom. The van der Waals surface area contributed by atoms with E-state index in [1.165, 1.54) is 6.07 Å². The highest BCUT2D eigenvalue weighted by Crippen LogP contribution is 2.18. The smallest absolute Gasteiger partial charge is 0.223 e. The van der Waals surface area contributed by atoms with Crippen molar-refractivity contribution < 1.29 is 9.18 Å². The van der Waals surface area contributed by atoms with Crippen LogP contribution in [0, 0.1) is 5.82 Å². The number of guanidine groups is 2. The average molecular weight is 223 g/mol. The fourth-order valence-corrected chi connectivity index (χ4v) is 1.00. The summed E-state index contributed by atoms with van der Waals surface area (Å²) >= 11 is 0. The molecule has 0 bridgehead atoms. The summed E-state index contributed by atoms with van der Waals surface area (Å²) in [6, 6.07) is 3.48. The van der Waals surface area contributed by atoms with Gasteiger partial charge in [0.25, 0.3) is 0 Å². The van der Waals surface area contributed by atoms with Crippen molar-refractivity contribution in [3.63, 3.8) is 0 Å². The van der Waals surface area contributed by atoms with Crippen LogP contribution in [0.25, 0.3) is 0 Å². The van der Waals surface area contributed by atoms with E-state index < -0.39 is 5.82 Å². The summed E-state index contributed by atoms with van der Waals surface area (Å²) in [7, 11) is 0. The van der Waals surface area contributed by atoms with Crippen molar-refractivity contribution in [2.24, 2.45) is 27.2 Å². The minimum absolute atomic E-state index is 0.0637. The highest BCUT2D eigenvalue weighted by atomic mass is 19.1. The number of aliphatic imine (C=N–C) groups is 2. The SMILES string of the molecule is NC(N)=NC(N)=Nc1ccc(F)cc1C=O. The number of benzene rings is 1. The third-order valence-electron chi connectivity index (χ3n) is 1.60. The maximum Gasteiger partial charge on any atom is 0.223 e. The number of hydrogen-bond donors (Lipinski definition) is 3. The number of carbonyl (C=O) groups excluding carboxylic acids is 1. The summed E-state index contributed by atoms with van der Waals surface area (Å²) in [5.41, 5.74) is 15.8. The molecular weight excluding hydrogens is 213 g/mol. The molecule has 0 unspecified atom stereocenters. The normalized spacial score (nSPS) is 10.9. The third-order valence-corrected chi connectivity index (χ3v) is 1.60. The maximum atomic E-state index is 12.8. The quantitative estimate of drug-likeness (QED) is 0.367.